The van der Waals surface area contributed by atoms with Gasteiger partial charge in [0.2, 0.25) is 0 Å². The van der Waals surface area contributed by atoms with Gasteiger partial charge in [-0.2, -0.15) is 5.10 Å². The summed E-state index contributed by atoms with van der Waals surface area (Å²) in [6.07, 6.45) is 1.59. The van der Waals surface area contributed by atoms with Crippen LogP contribution in [0, 0.1) is 5.82 Å². The Kier molecular flexibility index (Phi) is 2.73. The summed E-state index contributed by atoms with van der Waals surface area (Å²) in [6.45, 7) is 0.345. The first-order chi connectivity index (χ1) is 7.16. The minimum absolute atomic E-state index is 0.265. The van der Waals surface area contributed by atoms with Gasteiger partial charge in [0, 0.05) is 10.0 Å². The Balaban J connectivity index is 2.29. The summed E-state index contributed by atoms with van der Waals surface area (Å²) < 4.78 is 15.7. The Morgan fingerprint density at radius 1 is 1.40 bits per heavy atom. The van der Waals surface area contributed by atoms with Crippen LogP contribution >= 0.6 is 15.9 Å². The summed E-state index contributed by atoms with van der Waals surface area (Å²) in [5.74, 6) is 0.261. The van der Waals surface area contributed by atoms with Crippen LogP contribution in [-0.4, -0.2) is 9.78 Å². The van der Waals surface area contributed by atoms with Crippen LogP contribution in [0.2, 0.25) is 0 Å². The minimum atomic E-state index is -0.265. The lowest BCUT2D eigenvalue weighted by molar-refractivity contribution is 0.587. The molecule has 0 aliphatic heterocycles. The highest BCUT2D eigenvalue weighted by molar-refractivity contribution is 9.10. The maximum Gasteiger partial charge on any atom is 0.129 e. The molecule has 0 spiro atoms. The summed E-state index contributed by atoms with van der Waals surface area (Å²) in [4.78, 5) is 0. The fraction of sp³-hybridized carbons (Fsp3) is 0.100. The van der Waals surface area contributed by atoms with E-state index in [9.17, 15) is 4.39 Å². The monoisotopic (exact) mass is 269 g/mol. The van der Waals surface area contributed by atoms with Crippen LogP contribution in [0.25, 0.3) is 0 Å². The van der Waals surface area contributed by atoms with Gasteiger partial charge in [0.05, 0.1) is 12.7 Å². The molecule has 0 atom stereocenters. The third-order valence-corrected chi connectivity index (χ3v) is 2.58. The number of halogens is 2. The molecule has 78 valence electrons. The number of nitrogens with two attached hydrogens (primary N) is 1. The second-order valence-corrected chi connectivity index (χ2v) is 4.07. The SMILES string of the molecule is Nc1ccnn1Cc1ccc(Br)cc1F. The van der Waals surface area contributed by atoms with Crippen molar-refractivity contribution >= 4 is 21.7 Å². The average molecular weight is 270 g/mol. The van der Waals surface area contributed by atoms with Gasteiger partial charge >= 0.3 is 0 Å². The molecule has 3 nitrogen and oxygen atoms in total. The molecule has 2 N–H and O–H groups in total. The molecule has 2 rings (SSSR count). The van der Waals surface area contributed by atoms with Crippen molar-refractivity contribution in [1.29, 1.82) is 0 Å². The predicted molar refractivity (Wildman–Crippen MR) is 59.8 cm³/mol. The molecule has 15 heavy (non-hydrogen) atoms. The maximum atomic E-state index is 13.5. The van der Waals surface area contributed by atoms with Gasteiger partial charge in [0.25, 0.3) is 0 Å². The smallest absolute Gasteiger partial charge is 0.129 e. The highest BCUT2D eigenvalue weighted by atomic mass is 79.9. The van der Waals surface area contributed by atoms with E-state index in [0.29, 0.717) is 17.9 Å². The molecule has 0 unspecified atom stereocenters. The van der Waals surface area contributed by atoms with Crippen molar-refractivity contribution < 1.29 is 4.39 Å². The van der Waals surface area contributed by atoms with E-state index >= 15 is 0 Å². The first-order valence-electron chi connectivity index (χ1n) is 4.38. The Hall–Kier alpha value is -1.36. The van der Waals surface area contributed by atoms with Crippen LogP contribution in [0.15, 0.2) is 34.9 Å². The number of aromatic nitrogens is 2. The fourth-order valence-corrected chi connectivity index (χ4v) is 1.62. The Labute approximate surface area is 94.8 Å². The van der Waals surface area contributed by atoms with Crippen LogP contribution < -0.4 is 5.73 Å². The molecule has 0 bridgehead atoms. The maximum absolute atomic E-state index is 13.5. The van der Waals surface area contributed by atoms with Gasteiger partial charge in [-0.1, -0.05) is 22.0 Å². The van der Waals surface area contributed by atoms with Crippen LogP contribution in [0.4, 0.5) is 10.2 Å². The van der Waals surface area contributed by atoms with Gasteiger partial charge in [-0.25, -0.2) is 9.07 Å². The van der Waals surface area contributed by atoms with Gasteiger partial charge in [-0.05, 0) is 18.2 Å². The number of hydrogen-bond acceptors (Lipinski definition) is 2. The van der Waals surface area contributed by atoms with Crippen LogP contribution in [0.3, 0.4) is 0 Å². The van der Waals surface area contributed by atoms with E-state index in [0.717, 1.165) is 4.47 Å². The summed E-state index contributed by atoms with van der Waals surface area (Å²) in [5, 5.41) is 3.99. The Morgan fingerprint density at radius 2 is 2.20 bits per heavy atom. The molecule has 2 aromatic rings. The first kappa shape index (κ1) is 10.2. The second kappa shape index (κ2) is 4.02. The lowest BCUT2D eigenvalue weighted by Gasteiger charge is -2.05. The van der Waals surface area contributed by atoms with E-state index in [1.165, 1.54) is 6.07 Å². The van der Waals surface area contributed by atoms with E-state index in [-0.39, 0.29) is 5.82 Å². The normalized spacial score (nSPS) is 10.5. The van der Waals surface area contributed by atoms with E-state index in [1.54, 1.807) is 29.1 Å². The molecule has 1 heterocycles. The standard InChI is InChI=1S/C10H9BrFN3/c11-8-2-1-7(9(12)5-8)6-15-10(13)3-4-14-15/h1-5H,6,13H2. The third kappa shape index (κ3) is 2.18. The van der Waals surface area contributed by atoms with E-state index in [4.69, 9.17) is 5.73 Å². The zero-order chi connectivity index (χ0) is 10.8. The molecular weight excluding hydrogens is 261 g/mol. The van der Waals surface area contributed by atoms with Crippen molar-refractivity contribution in [1.82, 2.24) is 9.78 Å². The number of nitrogen functional groups attached to an aromatic ring is 1. The Morgan fingerprint density at radius 3 is 2.80 bits per heavy atom. The van der Waals surface area contributed by atoms with Gasteiger partial charge in [0.1, 0.15) is 11.6 Å². The van der Waals surface area contributed by atoms with Crippen molar-refractivity contribution in [3.05, 3.63) is 46.3 Å². The second-order valence-electron chi connectivity index (χ2n) is 3.15. The largest absolute Gasteiger partial charge is 0.384 e. The van der Waals surface area contributed by atoms with Crippen LogP contribution in [0.5, 0.6) is 0 Å². The molecule has 0 saturated heterocycles. The molecule has 1 aromatic heterocycles. The van der Waals surface area contributed by atoms with Crippen molar-refractivity contribution in [3.63, 3.8) is 0 Å². The zero-order valence-corrected chi connectivity index (χ0v) is 9.41. The topological polar surface area (TPSA) is 43.8 Å². The average Bonchev–Trinajstić information content (AvgIpc) is 2.57. The molecule has 5 heteroatoms. The highest BCUT2D eigenvalue weighted by Crippen LogP contribution is 2.16. The van der Waals surface area contributed by atoms with Crippen LogP contribution in [-0.2, 0) is 6.54 Å². The summed E-state index contributed by atoms with van der Waals surface area (Å²) in [6, 6.07) is 6.60. The molecule has 0 radical (unpaired) electrons. The van der Waals surface area contributed by atoms with Crippen molar-refractivity contribution in [2.75, 3.05) is 5.73 Å². The van der Waals surface area contributed by atoms with Crippen LogP contribution in [0.1, 0.15) is 5.56 Å². The quantitative estimate of drug-likeness (QED) is 0.910. The number of rotatable bonds is 2. The third-order valence-electron chi connectivity index (χ3n) is 2.08. The first-order valence-corrected chi connectivity index (χ1v) is 5.17. The number of benzene rings is 1. The molecule has 0 aliphatic rings. The summed E-state index contributed by atoms with van der Waals surface area (Å²) in [5.41, 5.74) is 6.20. The number of hydrogen-bond donors (Lipinski definition) is 1. The van der Waals surface area contributed by atoms with E-state index < -0.39 is 0 Å². The van der Waals surface area contributed by atoms with Gasteiger partial charge in [-0.3, -0.25) is 0 Å². The predicted octanol–water partition coefficient (Wildman–Crippen LogP) is 2.42. The molecule has 0 fully saturated rings. The van der Waals surface area contributed by atoms with Gasteiger partial charge in [-0.15, -0.1) is 0 Å². The number of anilines is 1. The molecule has 0 amide bonds. The molecule has 0 saturated carbocycles. The van der Waals surface area contributed by atoms with Crippen molar-refractivity contribution in [3.8, 4) is 0 Å². The summed E-state index contributed by atoms with van der Waals surface area (Å²) >= 11 is 3.20. The zero-order valence-electron chi connectivity index (χ0n) is 7.82. The summed E-state index contributed by atoms with van der Waals surface area (Å²) in [7, 11) is 0. The lowest BCUT2D eigenvalue weighted by Crippen LogP contribution is -2.06. The lowest BCUT2D eigenvalue weighted by atomic mass is 10.2. The van der Waals surface area contributed by atoms with Gasteiger partial charge < -0.3 is 5.73 Å². The van der Waals surface area contributed by atoms with E-state index in [2.05, 4.69) is 21.0 Å². The Bertz CT molecular complexity index is 481. The van der Waals surface area contributed by atoms with Crippen molar-refractivity contribution in [2.45, 2.75) is 6.54 Å². The molecule has 1 aromatic carbocycles. The fourth-order valence-electron chi connectivity index (χ4n) is 1.29. The number of nitrogens with zero attached hydrogens (tertiary/aromatic N) is 2. The van der Waals surface area contributed by atoms with Crippen molar-refractivity contribution in [2.24, 2.45) is 0 Å². The van der Waals surface area contributed by atoms with E-state index in [1.807, 2.05) is 0 Å². The minimum Gasteiger partial charge on any atom is -0.384 e. The van der Waals surface area contributed by atoms with Gasteiger partial charge in [0.15, 0.2) is 0 Å². The highest BCUT2D eigenvalue weighted by Gasteiger charge is 2.05. The molecule has 0 aliphatic carbocycles. The molecular formula is C10H9BrFN3.